The number of halogens is 3. The van der Waals surface area contributed by atoms with Crippen molar-refractivity contribution < 1.29 is 32.5 Å². The summed E-state index contributed by atoms with van der Waals surface area (Å²) in [5.41, 5.74) is 0.150. The second kappa shape index (κ2) is 13.9. The number of anilines is 3. The van der Waals surface area contributed by atoms with Crippen molar-refractivity contribution in [3.63, 3.8) is 0 Å². The summed E-state index contributed by atoms with van der Waals surface area (Å²) in [5, 5.41) is 10.6. The Bertz CT molecular complexity index is 1410. The molecule has 2 aromatic carbocycles. The number of alkyl halides is 3. The maximum absolute atomic E-state index is 13.4. The fraction of sp³-hybridized carbons (Fsp3) is 0.393. The Kier molecular flexibility index (Phi) is 10.6. The van der Waals surface area contributed by atoms with Crippen molar-refractivity contribution in [3.8, 4) is 22.9 Å². The van der Waals surface area contributed by atoms with Crippen LogP contribution < -0.4 is 24.4 Å². The smallest absolute Gasteiger partial charge is 0.416 e. The van der Waals surface area contributed by atoms with Crippen LogP contribution in [0.15, 0.2) is 42.9 Å². The van der Waals surface area contributed by atoms with Crippen LogP contribution in [-0.2, 0) is 6.18 Å². The van der Waals surface area contributed by atoms with E-state index in [1.807, 2.05) is 18.7 Å². The molecule has 1 fully saturated rings. The number of nitrogens with zero attached hydrogens (tertiary/aromatic N) is 5. The van der Waals surface area contributed by atoms with E-state index in [-0.39, 0.29) is 5.52 Å². The fourth-order valence-electron chi connectivity index (χ4n) is 4.31. The van der Waals surface area contributed by atoms with E-state index >= 15 is 0 Å². The highest BCUT2D eigenvalue weighted by Crippen LogP contribution is 2.39. The Hall–Kier alpha value is -4.26. The summed E-state index contributed by atoms with van der Waals surface area (Å²) in [4.78, 5) is 15.5. The normalized spacial score (nSPS) is 12.7. The Morgan fingerprint density at radius 3 is 2.10 bits per heavy atom. The lowest BCUT2D eigenvalue weighted by molar-refractivity contribution is -0.137. The third-order valence-electron chi connectivity index (χ3n) is 6.18. The molecule has 0 atom stereocenters. The van der Waals surface area contributed by atoms with Gasteiger partial charge in [-0.1, -0.05) is 13.8 Å². The average Bonchev–Trinajstić information content (AvgIpc) is 3.71. The van der Waals surface area contributed by atoms with Crippen LogP contribution in [0.5, 0.6) is 17.2 Å². The zero-order valence-corrected chi connectivity index (χ0v) is 23.9. The van der Waals surface area contributed by atoms with Crippen molar-refractivity contribution in [2.45, 2.75) is 32.9 Å². The number of hydrogen-bond donors (Lipinski definition) is 2. The SMILES string of the molecule is CC.CO.COc1cc(-n2cnc(Nc3nc(N4CCCC4)nc4cc(C(F)(F)F)ccc34)c2)cc(OC)c1OC. The number of imidazole rings is 1. The van der Waals surface area contributed by atoms with Crippen LogP contribution in [0, 0.1) is 0 Å². The number of aromatic nitrogens is 4. The number of aliphatic hydroxyl groups excluding tert-OH is 1. The molecule has 3 heterocycles. The second-order valence-electron chi connectivity index (χ2n) is 8.47. The lowest BCUT2D eigenvalue weighted by atomic mass is 10.1. The summed E-state index contributed by atoms with van der Waals surface area (Å²) in [5.74, 6) is 2.63. The largest absolute Gasteiger partial charge is 0.493 e. The van der Waals surface area contributed by atoms with Crippen LogP contribution in [-0.4, -0.2) is 66.2 Å². The minimum absolute atomic E-state index is 0.207. The Balaban J connectivity index is 0.00000111. The third-order valence-corrected chi connectivity index (χ3v) is 6.18. The molecule has 0 aliphatic carbocycles. The van der Waals surface area contributed by atoms with Gasteiger partial charge in [0.05, 0.1) is 44.3 Å². The average molecular weight is 577 g/mol. The van der Waals surface area contributed by atoms with Crippen molar-refractivity contribution in [3.05, 3.63) is 48.4 Å². The molecule has 0 spiro atoms. The molecule has 0 unspecified atom stereocenters. The van der Waals surface area contributed by atoms with Gasteiger partial charge in [-0.2, -0.15) is 18.2 Å². The van der Waals surface area contributed by atoms with E-state index in [0.29, 0.717) is 45.9 Å². The molecule has 2 N–H and O–H groups in total. The van der Waals surface area contributed by atoms with Gasteiger partial charge in [0.25, 0.3) is 0 Å². The molecule has 41 heavy (non-hydrogen) atoms. The Morgan fingerprint density at radius 2 is 1.54 bits per heavy atom. The summed E-state index contributed by atoms with van der Waals surface area (Å²) in [6.45, 7) is 5.50. The molecule has 0 bridgehead atoms. The molecule has 1 aliphatic rings. The molecular formula is C28H35F3N6O4. The molecule has 5 rings (SSSR count). The lowest BCUT2D eigenvalue weighted by Crippen LogP contribution is -2.21. The Labute approximate surface area is 236 Å². The minimum Gasteiger partial charge on any atom is -0.493 e. The highest BCUT2D eigenvalue weighted by Gasteiger charge is 2.31. The summed E-state index contributed by atoms with van der Waals surface area (Å²) in [7, 11) is 5.59. The number of aliphatic hydroxyl groups is 1. The molecule has 0 amide bonds. The molecule has 0 saturated carbocycles. The first kappa shape index (κ1) is 31.3. The minimum atomic E-state index is -4.47. The highest BCUT2D eigenvalue weighted by molar-refractivity contribution is 5.92. The van der Waals surface area contributed by atoms with Gasteiger partial charge in [0.1, 0.15) is 18.0 Å². The molecule has 0 radical (unpaired) electrons. The van der Waals surface area contributed by atoms with Crippen LogP contribution in [0.4, 0.5) is 30.8 Å². The van der Waals surface area contributed by atoms with E-state index in [4.69, 9.17) is 19.3 Å². The molecule has 1 aliphatic heterocycles. The first-order chi connectivity index (χ1) is 19.8. The number of methoxy groups -OCH3 is 3. The van der Waals surface area contributed by atoms with Gasteiger partial charge in [-0.3, -0.25) is 0 Å². The van der Waals surface area contributed by atoms with Crippen molar-refractivity contribution in [1.82, 2.24) is 19.5 Å². The summed E-state index contributed by atoms with van der Waals surface area (Å²) < 4.78 is 58.1. The van der Waals surface area contributed by atoms with Gasteiger partial charge in [0.2, 0.25) is 11.7 Å². The van der Waals surface area contributed by atoms with Crippen LogP contribution in [0.3, 0.4) is 0 Å². The first-order valence-electron chi connectivity index (χ1n) is 13.0. The van der Waals surface area contributed by atoms with E-state index in [2.05, 4.69) is 20.3 Å². The zero-order valence-electron chi connectivity index (χ0n) is 23.9. The van der Waals surface area contributed by atoms with E-state index in [9.17, 15) is 13.2 Å². The van der Waals surface area contributed by atoms with E-state index in [1.165, 1.54) is 27.4 Å². The van der Waals surface area contributed by atoms with Crippen molar-refractivity contribution in [1.29, 1.82) is 0 Å². The number of benzene rings is 2. The van der Waals surface area contributed by atoms with Crippen molar-refractivity contribution >= 4 is 28.5 Å². The maximum atomic E-state index is 13.4. The van der Waals surface area contributed by atoms with Gasteiger partial charge in [-0.25, -0.2) is 9.97 Å². The van der Waals surface area contributed by atoms with Crippen molar-refractivity contribution in [2.75, 3.05) is 51.7 Å². The second-order valence-corrected chi connectivity index (χ2v) is 8.47. The number of nitrogens with one attached hydrogen (secondary N) is 1. The van der Waals surface area contributed by atoms with Crippen LogP contribution in [0.1, 0.15) is 32.3 Å². The third kappa shape index (κ3) is 6.91. The number of ether oxygens (including phenoxy) is 3. The number of rotatable bonds is 7. The lowest BCUT2D eigenvalue weighted by Gasteiger charge is -2.18. The molecule has 2 aromatic heterocycles. The fourth-order valence-corrected chi connectivity index (χ4v) is 4.31. The van der Waals surface area contributed by atoms with Gasteiger partial charge in [-0.15, -0.1) is 0 Å². The molecule has 1 saturated heterocycles. The topological polar surface area (TPSA) is 107 Å². The van der Waals surface area contributed by atoms with Gasteiger partial charge in [0, 0.05) is 37.7 Å². The first-order valence-corrected chi connectivity index (χ1v) is 13.0. The Morgan fingerprint density at radius 1 is 0.902 bits per heavy atom. The number of fused-ring (bicyclic) bond motifs is 1. The summed E-state index contributed by atoms with van der Waals surface area (Å²) >= 11 is 0. The molecule has 10 nitrogen and oxygen atoms in total. The molecular weight excluding hydrogens is 541 g/mol. The monoisotopic (exact) mass is 576 g/mol. The van der Waals surface area contributed by atoms with Crippen LogP contribution in [0.2, 0.25) is 0 Å². The van der Waals surface area contributed by atoms with Gasteiger partial charge in [-0.05, 0) is 31.0 Å². The predicted molar refractivity (Wildman–Crippen MR) is 152 cm³/mol. The van der Waals surface area contributed by atoms with E-state index in [0.717, 1.165) is 45.2 Å². The van der Waals surface area contributed by atoms with Gasteiger partial charge in [0.15, 0.2) is 11.5 Å². The number of hydrogen-bond acceptors (Lipinski definition) is 9. The van der Waals surface area contributed by atoms with Crippen LogP contribution in [0.25, 0.3) is 16.6 Å². The molecule has 4 aromatic rings. The standard InChI is InChI=1S/C25H25F3N6O3.C2H6.CH4O/c1-35-19-11-16(12-20(36-2)22(19)37-3)34-13-21(29-14-34)31-23-17-7-6-15(25(26,27)28)10-18(17)30-24(32-23)33-8-4-5-9-33;2*1-2/h6-7,10-14H,4-5,8-9H2,1-3H3,(H,30,31,32);1-2H3;2H,1H3. The van der Waals surface area contributed by atoms with Crippen molar-refractivity contribution in [2.24, 2.45) is 0 Å². The highest BCUT2D eigenvalue weighted by atomic mass is 19.4. The van der Waals surface area contributed by atoms with E-state index < -0.39 is 11.7 Å². The van der Waals surface area contributed by atoms with Crippen LogP contribution >= 0.6 is 0 Å². The van der Waals surface area contributed by atoms with Gasteiger partial charge < -0.3 is 34.1 Å². The molecule has 13 heteroatoms. The molecule has 222 valence electrons. The quantitative estimate of drug-likeness (QED) is 0.281. The summed E-state index contributed by atoms with van der Waals surface area (Å²) in [6, 6.07) is 7.01. The van der Waals surface area contributed by atoms with Gasteiger partial charge >= 0.3 is 6.18 Å². The summed E-state index contributed by atoms with van der Waals surface area (Å²) in [6.07, 6.45) is 0.807. The predicted octanol–water partition coefficient (Wildman–Crippen LogP) is 5.84. The van der Waals surface area contributed by atoms with E-state index in [1.54, 1.807) is 29.2 Å². The maximum Gasteiger partial charge on any atom is 0.416 e. The zero-order chi connectivity index (χ0) is 30.2.